The number of fused-ring (bicyclic) bond motifs is 1. The fourth-order valence-corrected chi connectivity index (χ4v) is 4.02. The maximum Gasteiger partial charge on any atom is 0.219 e. The van der Waals surface area contributed by atoms with Crippen molar-refractivity contribution in [1.29, 1.82) is 0 Å². The van der Waals surface area contributed by atoms with Crippen LogP contribution in [0.1, 0.15) is 29.4 Å². The number of hydrogen-bond acceptors (Lipinski definition) is 4. The summed E-state index contributed by atoms with van der Waals surface area (Å²) < 4.78 is 7.38. The average molecular weight is 436 g/mol. The molecule has 0 unspecified atom stereocenters. The quantitative estimate of drug-likeness (QED) is 0.357. The molecule has 0 atom stereocenters. The predicted molar refractivity (Wildman–Crippen MR) is 130 cm³/mol. The maximum atomic E-state index is 11.1. The molecule has 0 aliphatic carbocycles. The van der Waals surface area contributed by atoms with Crippen LogP contribution in [0.2, 0.25) is 0 Å². The second-order valence-corrected chi connectivity index (χ2v) is 7.93. The van der Waals surface area contributed by atoms with Crippen LogP contribution in [0, 0.1) is 0 Å². The Morgan fingerprint density at radius 1 is 0.788 bits per heavy atom. The Kier molecular flexibility index (Phi) is 5.77. The summed E-state index contributed by atoms with van der Waals surface area (Å²) >= 11 is 0. The van der Waals surface area contributed by atoms with Crippen LogP contribution in [-0.4, -0.2) is 26.1 Å². The van der Waals surface area contributed by atoms with E-state index in [1.165, 1.54) is 0 Å². The van der Waals surface area contributed by atoms with Crippen LogP contribution < -0.4 is 4.74 Å². The second kappa shape index (κ2) is 9.17. The van der Waals surface area contributed by atoms with E-state index in [1.807, 2.05) is 85.9 Å². The van der Waals surface area contributed by atoms with Gasteiger partial charge in [-0.2, -0.15) is 0 Å². The van der Waals surface area contributed by atoms with E-state index in [1.54, 1.807) is 4.40 Å². The van der Waals surface area contributed by atoms with E-state index in [0.717, 1.165) is 33.8 Å². The van der Waals surface area contributed by atoms with Gasteiger partial charge in [0.25, 0.3) is 0 Å². The smallest absolute Gasteiger partial charge is 0.219 e. The molecule has 0 bridgehead atoms. The molecule has 0 radical (unpaired) electrons. The highest BCUT2D eigenvalue weighted by molar-refractivity contribution is 5.63. The molecule has 5 heteroatoms. The highest BCUT2D eigenvalue weighted by atomic mass is 16.5. The molecule has 33 heavy (non-hydrogen) atoms. The lowest BCUT2D eigenvalue weighted by molar-refractivity contribution is 0.340. The Balaban J connectivity index is 1.60. The van der Waals surface area contributed by atoms with E-state index >= 15 is 0 Å². The van der Waals surface area contributed by atoms with E-state index in [4.69, 9.17) is 14.7 Å². The van der Waals surface area contributed by atoms with Crippen molar-refractivity contribution in [1.82, 2.24) is 14.4 Å². The first-order chi connectivity index (χ1) is 16.2. The third-order valence-electron chi connectivity index (χ3n) is 5.59. The van der Waals surface area contributed by atoms with Gasteiger partial charge in [-0.1, -0.05) is 72.8 Å². The maximum absolute atomic E-state index is 11.1. The zero-order valence-corrected chi connectivity index (χ0v) is 18.5. The number of aromatic hydroxyl groups is 1. The summed E-state index contributed by atoms with van der Waals surface area (Å²) in [5.74, 6) is 0.955. The minimum Gasteiger partial charge on any atom is -0.494 e. The van der Waals surface area contributed by atoms with Gasteiger partial charge in [-0.3, -0.25) is 4.40 Å². The molecule has 0 spiro atoms. The van der Waals surface area contributed by atoms with E-state index in [-0.39, 0.29) is 5.88 Å². The summed E-state index contributed by atoms with van der Waals surface area (Å²) in [4.78, 5) is 9.78. The Hall–Kier alpha value is -4.12. The average Bonchev–Trinajstić information content (AvgIpc) is 3.16. The van der Waals surface area contributed by atoms with Gasteiger partial charge >= 0.3 is 0 Å². The van der Waals surface area contributed by atoms with Crippen LogP contribution >= 0.6 is 0 Å². The summed E-state index contributed by atoms with van der Waals surface area (Å²) in [5.41, 5.74) is 6.08. The third kappa shape index (κ3) is 4.44. The van der Waals surface area contributed by atoms with Crippen LogP contribution in [0.5, 0.6) is 11.6 Å². The lowest BCUT2D eigenvalue weighted by Gasteiger charge is -2.08. The van der Waals surface area contributed by atoms with E-state index in [9.17, 15) is 5.11 Å². The van der Waals surface area contributed by atoms with Crippen molar-refractivity contribution in [3.63, 3.8) is 0 Å². The van der Waals surface area contributed by atoms with Crippen molar-refractivity contribution in [2.75, 3.05) is 6.61 Å². The number of aromatic nitrogens is 3. The summed E-state index contributed by atoms with van der Waals surface area (Å²) in [6, 6.07) is 28.1. The number of ether oxygens (including phenoxy) is 1. The van der Waals surface area contributed by atoms with Crippen LogP contribution in [0.3, 0.4) is 0 Å². The third-order valence-corrected chi connectivity index (χ3v) is 5.59. The molecule has 5 nitrogen and oxygen atoms in total. The number of benzene rings is 3. The van der Waals surface area contributed by atoms with Crippen molar-refractivity contribution in [2.24, 2.45) is 0 Å². The van der Waals surface area contributed by atoms with Gasteiger partial charge in [-0.15, -0.1) is 0 Å². The molecular weight excluding hydrogens is 410 g/mol. The molecule has 1 N–H and O–H groups in total. The normalized spacial score (nSPS) is 11.1. The Bertz CT molecular complexity index is 1380. The topological polar surface area (TPSA) is 59.7 Å². The van der Waals surface area contributed by atoms with Crippen molar-refractivity contribution >= 4 is 5.65 Å². The molecule has 3 aromatic carbocycles. The van der Waals surface area contributed by atoms with E-state index < -0.39 is 0 Å². The molecule has 2 aromatic heterocycles. The first-order valence-electron chi connectivity index (χ1n) is 11.1. The minimum absolute atomic E-state index is 0.140. The predicted octanol–water partition coefficient (Wildman–Crippen LogP) is 5.68. The first kappa shape index (κ1) is 20.8. The van der Waals surface area contributed by atoms with Gasteiger partial charge in [0.2, 0.25) is 5.88 Å². The van der Waals surface area contributed by atoms with Gasteiger partial charge in [0.05, 0.1) is 18.0 Å². The molecule has 5 rings (SSSR count). The highest BCUT2D eigenvalue weighted by Crippen LogP contribution is 2.28. The van der Waals surface area contributed by atoms with Gasteiger partial charge in [0, 0.05) is 24.6 Å². The van der Waals surface area contributed by atoms with E-state index in [2.05, 4.69) is 12.1 Å². The summed E-state index contributed by atoms with van der Waals surface area (Å²) in [6.45, 7) is 2.58. The fraction of sp³-hybridized carbons (Fsp3) is 0.143. The SMILES string of the molecule is CCOc1cccc(Cc2nc3c(Cc4ccccc4)nc(-c4ccccc4)cn3c2O)c1. The van der Waals surface area contributed by atoms with Crippen molar-refractivity contribution in [3.8, 4) is 22.9 Å². The van der Waals surface area contributed by atoms with Crippen LogP contribution in [-0.2, 0) is 12.8 Å². The highest BCUT2D eigenvalue weighted by Gasteiger charge is 2.18. The fourth-order valence-electron chi connectivity index (χ4n) is 4.02. The van der Waals surface area contributed by atoms with Crippen molar-refractivity contribution < 1.29 is 9.84 Å². The molecule has 0 amide bonds. The number of hydrogen-bond donors (Lipinski definition) is 1. The number of nitrogens with zero attached hydrogens (tertiary/aromatic N) is 3. The van der Waals surface area contributed by atoms with Gasteiger partial charge in [-0.25, -0.2) is 9.97 Å². The molecule has 5 aromatic rings. The lowest BCUT2D eigenvalue weighted by Crippen LogP contribution is -2.00. The molecule has 164 valence electrons. The van der Waals surface area contributed by atoms with Crippen molar-refractivity contribution in [2.45, 2.75) is 19.8 Å². The van der Waals surface area contributed by atoms with Gasteiger partial charge in [0.15, 0.2) is 5.65 Å². The van der Waals surface area contributed by atoms with Crippen LogP contribution in [0.4, 0.5) is 0 Å². The number of rotatable bonds is 7. The van der Waals surface area contributed by atoms with Gasteiger partial charge in [0.1, 0.15) is 11.4 Å². The molecular formula is C28H25N3O2. The van der Waals surface area contributed by atoms with E-state index in [0.29, 0.717) is 30.8 Å². The lowest BCUT2D eigenvalue weighted by atomic mass is 10.1. The molecule has 0 fully saturated rings. The summed E-state index contributed by atoms with van der Waals surface area (Å²) in [5, 5.41) is 11.1. The van der Waals surface area contributed by atoms with Crippen LogP contribution in [0.15, 0.2) is 91.1 Å². The standard InChI is InChI=1S/C28H25N3O2/c1-2-33-23-15-9-12-21(16-23)18-25-28(32)31-19-26(22-13-7-4-8-14-22)29-24(27(31)30-25)17-20-10-5-3-6-11-20/h3-16,19,32H,2,17-18H2,1H3. The zero-order valence-electron chi connectivity index (χ0n) is 18.5. The molecule has 0 saturated heterocycles. The molecule has 0 saturated carbocycles. The van der Waals surface area contributed by atoms with Crippen LogP contribution in [0.25, 0.3) is 16.9 Å². The number of imidazole rings is 1. The Morgan fingerprint density at radius 3 is 2.24 bits per heavy atom. The molecule has 2 heterocycles. The van der Waals surface area contributed by atoms with Gasteiger partial charge in [-0.05, 0) is 30.2 Å². The van der Waals surface area contributed by atoms with Crippen molar-refractivity contribution in [3.05, 3.63) is 114 Å². The summed E-state index contributed by atoms with van der Waals surface area (Å²) in [7, 11) is 0. The zero-order chi connectivity index (χ0) is 22.6. The molecule has 0 aliphatic heterocycles. The Labute approximate surface area is 193 Å². The minimum atomic E-state index is 0.140. The first-order valence-corrected chi connectivity index (χ1v) is 11.1. The summed E-state index contributed by atoms with van der Waals surface area (Å²) in [6.07, 6.45) is 2.99. The molecule has 0 aliphatic rings. The Morgan fingerprint density at radius 2 is 1.48 bits per heavy atom. The van der Waals surface area contributed by atoms with Gasteiger partial charge < -0.3 is 9.84 Å². The second-order valence-electron chi connectivity index (χ2n) is 7.93. The monoisotopic (exact) mass is 435 g/mol. The largest absolute Gasteiger partial charge is 0.494 e.